The molecule has 19 heteroatoms. The van der Waals surface area contributed by atoms with Gasteiger partial charge in [0.15, 0.2) is 0 Å². The maximum Gasteiger partial charge on any atom is 0.320 e. The first-order chi connectivity index (χ1) is 17.9. The summed E-state index contributed by atoms with van der Waals surface area (Å²) >= 11 is 20.0. The van der Waals surface area contributed by atoms with E-state index in [-0.39, 0.29) is 19.6 Å². The first-order valence-electron chi connectivity index (χ1n) is 11.7. The summed E-state index contributed by atoms with van der Waals surface area (Å²) in [6.45, 7) is 13.7. The van der Waals surface area contributed by atoms with Gasteiger partial charge in [-0.2, -0.15) is 0 Å². The lowest BCUT2D eigenvalue weighted by Gasteiger charge is -2.23. The van der Waals surface area contributed by atoms with E-state index in [0.717, 1.165) is 11.4 Å². The van der Waals surface area contributed by atoms with Crippen molar-refractivity contribution in [2.24, 2.45) is 0 Å². The van der Waals surface area contributed by atoms with Crippen molar-refractivity contribution < 1.29 is 46.2 Å². The molecule has 0 amide bonds. The van der Waals surface area contributed by atoms with Crippen LogP contribution >= 0.6 is 51.2 Å². The summed E-state index contributed by atoms with van der Waals surface area (Å²) in [5.74, 6) is -1.01. The second kappa shape index (κ2) is 24.2. The van der Waals surface area contributed by atoms with Gasteiger partial charge >= 0.3 is 11.9 Å². The molecule has 228 valence electrons. The van der Waals surface area contributed by atoms with Crippen LogP contribution in [0.4, 0.5) is 0 Å². The van der Waals surface area contributed by atoms with Crippen LogP contribution in [0.15, 0.2) is 0 Å². The minimum absolute atomic E-state index is 0.123. The average molecular weight is 715 g/mol. The third kappa shape index (κ3) is 19.8. The minimum Gasteiger partial charge on any atom is -0.466 e. The molecule has 0 radical (unpaired) electrons. The van der Waals surface area contributed by atoms with Crippen LogP contribution in [0.3, 0.4) is 0 Å². The first kappa shape index (κ1) is 41.8. The summed E-state index contributed by atoms with van der Waals surface area (Å²) in [7, 11) is 2.81. The fourth-order valence-electron chi connectivity index (χ4n) is 2.10. The number of hydrogen-bond acceptors (Lipinski definition) is 16. The van der Waals surface area contributed by atoms with E-state index < -0.39 is 34.3 Å². The van der Waals surface area contributed by atoms with Crippen molar-refractivity contribution in [3.05, 3.63) is 0 Å². The molecule has 0 aliphatic carbocycles. The second-order valence-electron chi connectivity index (χ2n) is 6.11. The summed E-state index contributed by atoms with van der Waals surface area (Å²) in [6.07, 6.45) is -0.123. The van der Waals surface area contributed by atoms with Crippen molar-refractivity contribution in [3.63, 3.8) is 0 Å². The Bertz CT molecular complexity index is 749. The van der Waals surface area contributed by atoms with Gasteiger partial charge in [0.25, 0.3) is 0 Å². The number of rotatable bonds is 21. The van der Waals surface area contributed by atoms with E-state index in [4.69, 9.17) is 72.0 Å². The molecule has 0 rings (SSSR count). The van der Waals surface area contributed by atoms with E-state index in [2.05, 4.69) is 0 Å². The molecule has 38 heavy (non-hydrogen) atoms. The number of carbonyl (C=O) groups excluding carboxylic acids is 2. The van der Waals surface area contributed by atoms with Gasteiger partial charge in [0.05, 0.1) is 51.1 Å². The normalized spacial score (nSPS) is 12.8. The monoisotopic (exact) mass is 714 g/mol. The molecule has 10 nitrogen and oxygen atoms in total. The molecule has 0 aromatic rings. The van der Waals surface area contributed by atoms with Crippen molar-refractivity contribution >= 4 is 98.6 Å². The Kier molecular flexibility index (Phi) is 26.6. The lowest BCUT2D eigenvalue weighted by Crippen LogP contribution is -2.24. The van der Waals surface area contributed by atoms with Gasteiger partial charge < -0.3 is 36.6 Å². The highest BCUT2D eigenvalue weighted by Gasteiger charge is 2.32. The van der Waals surface area contributed by atoms with Gasteiger partial charge in [-0.3, -0.25) is 9.59 Å². The summed E-state index contributed by atoms with van der Waals surface area (Å²) in [6, 6.07) is 0. The number of ether oxygens (including phenoxy) is 2. The average Bonchev–Trinajstić information content (AvgIpc) is 2.84. The third-order valence-corrected chi connectivity index (χ3v) is 21.3. The third-order valence-electron chi connectivity index (χ3n) is 3.48. The molecule has 0 bridgehead atoms. The van der Waals surface area contributed by atoms with E-state index in [1.807, 2.05) is 27.7 Å². The van der Waals surface area contributed by atoms with Crippen molar-refractivity contribution in [3.8, 4) is 0 Å². The maximum atomic E-state index is 11.8. The zero-order valence-corrected chi connectivity index (χ0v) is 30.7. The summed E-state index contributed by atoms with van der Waals surface area (Å²) < 4.78 is 42.1. The molecule has 0 aromatic heterocycles. The van der Waals surface area contributed by atoms with Crippen LogP contribution in [0.25, 0.3) is 0 Å². The Morgan fingerprint density at radius 2 is 1.05 bits per heavy atom. The van der Waals surface area contributed by atoms with Crippen molar-refractivity contribution in [1.29, 1.82) is 0 Å². The molecule has 0 aliphatic heterocycles. The van der Waals surface area contributed by atoms with Crippen LogP contribution in [0, 0.1) is 0 Å². The second-order valence-corrected chi connectivity index (χ2v) is 25.7. The highest BCUT2D eigenvalue weighted by molar-refractivity contribution is 8.76. The zero-order chi connectivity index (χ0) is 29.7. The molecule has 1 unspecified atom stereocenters. The SMILES string of the molecule is CCOC(=O)CC(SP(=S)(OC)OC)C(=O)OCC.CCOP(=S)(OCC)SCSP(=S)(OCC)OCC. The highest BCUT2D eigenvalue weighted by atomic mass is 32.9. The van der Waals surface area contributed by atoms with Crippen LogP contribution in [0.1, 0.15) is 48.0 Å². The quantitative estimate of drug-likeness (QED) is 0.0683. The molecule has 0 spiro atoms. The largest absolute Gasteiger partial charge is 0.466 e. The Balaban J connectivity index is 0. The van der Waals surface area contributed by atoms with Crippen molar-refractivity contribution in [2.45, 2.75) is 53.2 Å². The molecule has 0 N–H and O–H groups in total. The Morgan fingerprint density at radius 3 is 1.37 bits per heavy atom. The van der Waals surface area contributed by atoms with Crippen LogP contribution < -0.4 is 0 Å². The number of carbonyl (C=O) groups is 2. The number of esters is 2. The molecule has 1 atom stereocenters. The molecular formula is C19H41O10P3S6. The standard InChI is InChI=1S/C10H19O6PS2.C9H22O4P2S4/c1-5-15-9(11)7-8(10(12)16-6-2)19-17(18,13-3)14-4;1-5-10-14(16,11-6-2)18-9-19-15(17,12-7-3)13-8-4/h8H,5-7H2,1-4H3;5-9H2,1-4H3. The summed E-state index contributed by atoms with van der Waals surface area (Å²) in [4.78, 5) is 23.3. The molecule has 0 aromatic carbocycles. The van der Waals surface area contributed by atoms with Crippen molar-refractivity contribution in [1.82, 2.24) is 0 Å². The molecule has 0 saturated carbocycles. The molecule has 0 heterocycles. The van der Waals surface area contributed by atoms with Gasteiger partial charge in [0, 0.05) is 14.2 Å². The van der Waals surface area contributed by atoms with Crippen molar-refractivity contribution in [2.75, 3.05) is 58.9 Å². The molecule has 0 fully saturated rings. The van der Waals surface area contributed by atoms with Crippen LogP contribution in [0.5, 0.6) is 0 Å². The Morgan fingerprint density at radius 1 is 0.658 bits per heavy atom. The molecule has 0 saturated heterocycles. The smallest absolute Gasteiger partial charge is 0.320 e. The fourth-order valence-corrected chi connectivity index (χ4v) is 18.7. The minimum atomic E-state index is -2.65. The van der Waals surface area contributed by atoms with Gasteiger partial charge in [-0.1, -0.05) is 34.1 Å². The predicted octanol–water partition coefficient (Wildman–Crippen LogP) is 7.13. The molecular weight excluding hydrogens is 674 g/mol. The summed E-state index contributed by atoms with van der Waals surface area (Å²) in [5, 5.41) is -0.126. The van der Waals surface area contributed by atoms with E-state index in [0.29, 0.717) is 31.5 Å². The number of hydrogen-bond donors (Lipinski definition) is 0. The van der Waals surface area contributed by atoms with Gasteiger partial charge in [-0.15, -0.1) is 0 Å². The highest BCUT2D eigenvalue weighted by Crippen LogP contribution is 2.68. The Labute approximate surface area is 255 Å². The topological polar surface area (TPSA) is 108 Å². The lowest BCUT2D eigenvalue weighted by atomic mass is 10.3. The Hall–Kier alpha value is 1.70. The van der Waals surface area contributed by atoms with Crippen LogP contribution in [0.2, 0.25) is 0 Å². The maximum absolute atomic E-state index is 11.8. The van der Waals surface area contributed by atoms with E-state index in [9.17, 15) is 9.59 Å². The van der Waals surface area contributed by atoms with Gasteiger partial charge in [-0.25, -0.2) is 0 Å². The summed E-state index contributed by atoms with van der Waals surface area (Å²) in [5.41, 5.74) is -7.16. The first-order valence-corrected chi connectivity index (χ1v) is 24.2. The van der Waals surface area contributed by atoms with Gasteiger partial charge in [-0.05, 0) is 77.0 Å². The molecule has 0 aliphatic rings. The van der Waals surface area contributed by atoms with Gasteiger partial charge in [0.2, 0.25) is 17.1 Å². The lowest BCUT2D eigenvalue weighted by molar-refractivity contribution is -0.149. The van der Waals surface area contributed by atoms with Gasteiger partial charge in [0.1, 0.15) is 5.25 Å². The van der Waals surface area contributed by atoms with E-state index >= 15 is 0 Å². The van der Waals surface area contributed by atoms with Crippen LogP contribution in [-0.2, 0) is 81.6 Å². The van der Waals surface area contributed by atoms with E-state index in [1.165, 1.54) is 37.0 Å². The van der Waals surface area contributed by atoms with Crippen LogP contribution in [-0.4, -0.2) is 76.1 Å². The predicted molar refractivity (Wildman–Crippen MR) is 173 cm³/mol. The van der Waals surface area contributed by atoms with E-state index in [1.54, 1.807) is 13.8 Å². The zero-order valence-electron chi connectivity index (χ0n) is 23.1. The fraction of sp³-hybridized carbons (Fsp3) is 0.895.